The van der Waals surface area contributed by atoms with Crippen LogP contribution in [0.4, 0.5) is 10.5 Å². The van der Waals surface area contributed by atoms with Gasteiger partial charge in [-0.15, -0.1) is 0 Å². The van der Waals surface area contributed by atoms with Crippen LogP contribution < -0.4 is 16.7 Å². The summed E-state index contributed by atoms with van der Waals surface area (Å²) in [5, 5.41) is 3.56. The molecule has 11 nitrogen and oxygen atoms in total. The lowest BCUT2D eigenvalue weighted by Gasteiger charge is -2.45. The summed E-state index contributed by atoms with van der Waals surface area (Å²) >= 11 is 6.43. The van der Waals surface area contributed by atoms with Gasteiger partial charge in [0.2, 0.25) is 5.91 Å². The first-order valence-corrected chi connectivity index (χ1v) is 17.6. The maximum atomic E-state index is 14.1. The standard InChI is InChI=1S/C35H47ClN8O3/c1-22-17-23(18-28(36)32(22)37)19-30(33(45)42-15-13-41(14-16-42)27-20-25-7-8-26(21-27)40(25)2)39-34(46)43-11-9-24(10-12-43)44-31-6-4-3-5-29(31)38-35(44)47/h3-6,17-18,24-27,30H,7-16,19-21,37H2,1-2H3,(H,38,47)(H,39,46)/t25?,26?,27?,30-/m1/s1. The van der Waals surface area contributed by atoms with E-state index in [-0.39, 0.29) is 23.7 Å². The molecule has 3 atom stereocenters. The summed E-state index contributed by atoms with van der Waals surface area (Å²) in [7, 11) is 2.27. The number of imidazole rings is 1. The summed E-state index contributed by atoms with van der Waals surface area (Å²) in [6.07, 6.45) is 6.65. The number of nitrogens with zero attached hydrogens (tertiary/aromatic N) is 5. The van der Waals surface area contributed by atoms with Crippen molar-refractivity contribution in [1.29, 1.82) is 0 Å². The number of nitrogens with one attached hydrogen (secondary N) is 2. The first kappa shape index (κ1) is 32.0. The zero-order valence-electron chi connectivity index (χ0n) is 27.5. The molecule has 0 spiro atoms. The molecule has 4 saturated heterocycles. The molecule has 0 saturated carbocycles. The number of aromatic amines is 1. The third-order valence-electron chi connectivity index (χ3n) is 11.4. The van der Waals surface area contributed by atoms with E-state index in [0.717, 1.165) is 35.2 Å². The van der Waals surface area contributed by atoms with Crippen LogP contribution >= 0.6 is 11.6 Å². The number of aryl methyl sites for hydroxylation is 1. The predicted molar refractivity (Wildman–Crippen MR) is 185 cm³/mol. The van der Waals surface area contributed by atoms with E-state index in [9.17, 15) is 14.4 Å². The van der Waals surface area contributed by atoms with Gasteiger partial charge in [0.1, 0.15) is 6.04 Å². The molecule has 2 unspecified atom stereocenters. The van der Waals surface area contributed by atoms with E-state index in [1.165, 1.54) is 25.7 Å². The molecule has 252 valence electrons. The van der Waals surface area contributed by atoms with E-state index in [2.05, 4.69) is 27.1 Å². The van der Waals surface area contributed by atoms with Crippen molar-refractivity contribution in [3.63, 3.8) is 0 Å². The Bertz CT molecular complexity index is 1650. The number of fused-ring (bicyclic) bond motifs is 3. The predicted octanol–water partition coefficient (Wildman–Crippen LogP) is 3.60. The Hall–Kier alpha value is -3.54. The number of hydrogen-bond acceptors (Lipinski definition) is 6. The number of rotatable bonds is 6. The Balaban J connectivity index is 1.01. The fourth-order valence-electron chi connectivity index (χ4n) is 8.59. The number of para-hydroxylation sites is 2. The van der Waals surface area contributed by atoms with Crippen LogP contribution in [0.2, 0.25) is 5.02 Å². The minimum absolute atomic E-state index is 0.00363. The molecule has 4 fully saturated rings. The number of carbonyl (C=O) groups is 2. The molecular formula is C35H47ClN8O3. The van der Waals surface area contributed by atoms with Gasteiger partial charge in [-0.2, -0.15) is 0 Å². The number of aromatic nitrogens is 2. The summed E-state index contributed by atoms with van der Waals surface area (Å²) in [5.41, 5.74) is 9.92. The fraction of sp³-hybridized carbons (Fsp3) is 0.571. The first-order valence-electron chi connectivity index (χ1n) is 17.2. The van der Waals surface area contributed by atoms with Crippen LogP contribution in [0.25, 0.3) is 11.0 Å². The largest absolute Gasteiger partial charge is 0.397 e. The molecule has 7 rings (SSSR count). The molecule has 1 aromatic heterocycles. The highest BCUT2D eigenvalue weighted by atomic mass is 35.5. The van der Waals surface area contributed by atoms with Gasteiger partial charge in [0.25, 0.3) is 0 Å². The van der Waals surface area contributed by atoms with Gasteiger partial charge < -0.3 is 30.7 Å². The topological polar surface area (TPSA) is 123 Å². The molecule has 0 aliphatic carbocycles. The maximum Gasteiger partial charge on any atom is 0.326 e. The van der Waals surface area contributed by atoms with E-state index in [0.29, 0.717) is 74.3 Å². The highest BCUT2D eigenvalue weighted by molar-refractivity contribution is 6.33. The molecule has 4 N–H and O–H groups in total. The maximum absolute atomic E-state index is 14.1. The van der Waals surface area contributed by atoms with Crippen molar-refractivity contribution >= 4 is 40.3 Å². The second-order valence-electron chi connectivity index (χ2n) is 14.1. The van der Waals surface area contributed by atoms with Crippen LogP contribution in [0.5, 0.6) is 0 Å². The molecule has 0 radical (unpaired) electrons. The number of carbonyl (C=O) groups excluding carboxylic acids is 2. The Morgan fingerprint density at radius 2 is 1.62 bits per heavy atom. The second kappa shape index (κ2) is 13.2. The minimum atomic E-state index is -0.735. The monoisotopic (exact) mass is 662 g/mol. The van der Waals surface area contributed by atoms with Crippen LogP contribution in [-0.4, -0.2) is 112 Å². The molecule has 4 aliphatic heterocycles. The third kappa shape index (κ3) is 6.37. The molecule has 12 heteroatoms. The van der Waals surface area contributed by atoms with Crippen molar-refractivity contribution in [3.05, 3.63) is 63.0 Å². The van der Waals surface area contributed by atoms with Gasteiger partial charge in [0.15, 0.2) is 0 Å². The smallest absolute Gasteiger partial charge is 0.326 e. The summed E-state index contributed by atoms with van der Waals surface area (Å²) in [4.78, 5) is 52.4. The molecule has 3 aromatic rings. The number of benzene rings is 2. The van der Waals surface area contributed by atoms with Crippen molar-refractivity contribution in [2.24, 2.45) is 0 Å². The lowest BCUT2D eigenvalue weighted by atomic mass is 9.96. The van der Waals surface area contributed by atoms with Gasteiger partial charge in [-0.05, 0) is 81.8 Å². The fourth-order valence-corrected chi connectivity index (χ4v) is 8.88. The molecule has 3 amide bonds. The average molecular weight is 663 g/mol. The Morgan fingerprint density at radius 3 is 2.30 bits per heavy atom. The number of nitrogens with two attached hydrogens (primary N) is 1. The minimum Gasteiger partial charge on any atom is -0.397 e. The highest BCUT2D eigenvalue weighted by Crippen LogP contribution is 2.36. The molecule has 4 aliphatic rings. The van der Waals surface area contributed by atoms with Crippen LogP contribution in [0.3, 0.4) is 0 Å². The normalized spacial score (nSPS) is 25.0. The third-order valence-corrected chi connectivity index (χ3v) is 11.7. The van der Waals surface area contributed by atoms with Gasteiger partial charge >= 0.3 is 11.7 Å². The van der Waals surface area contributed by atoms with E-state index in [4.69, 9.17) is 17.3 Å². The van der Waals surface area contributed by atoms with E-state index < -0.39 is 6.04 Å². The Kier molecular flexibility index (Phi) is 8.97. The van der Waals surface area contributed by atoms with Crippen molar-refractivity contribution in [2.45, 2.75) is 82.1 Å². The van der Waals surface area contributed by atoms with Gasteiger partial charge in [-0.3, -0.25) is 14.3 Å². The van der Waals surface area contributed by atoms with E-state index in [1.807, 2.05) is 46.7 Å². The van der Waals surface area contributed by atoms with Crippen molar-refractivity contribution in [1.82, 2.24) is 34.5 Å². The van der Waals surface area contributed by atoms with Crippen molar-refractivity contribution < 1.29 is 9.59 Å². The lowest BCUT2D eigenvalue weighted by molar-refractivity contribution is -0.135. The molecular weight excluding hydrogens is 616 g/mol. The number of likely N-dealkylation sites (tertiary alicyclic amines) is 1. The number of urea groups is 1. The molecule has 2 aromatic carbocycles. The molecule has 2 bridgehead atoms. The number of hydrogen-bond donors (Lipinski definition) is 3. The van der Waals surface area contributed by atoms with Crippen molar-refractivity contribution in [3.8, 4) is 0 Å². The number of nitrogen functional groups attached to an aromatic ring is 1. The zero-order chi connectivity index (χ0) is 32.8. The van der Waals surface area contributed by atoms with Crippen LogP contribution in [0.1, 0.15) is 55.7 Å². The summed E-state index contributed by atoms with van der Waals surface area (Å²) in [6.45, 7) is 5.90. The van der Waals surface area contributed by atoms with E-state index >= 15 is 0 Å². The van der Waals surface area contributed by atoms with Gasteiger partial charge in [0.05, 0.1) is 21.7 Å². The number of amides is 3. The average Bonchev–Trinajstić information content (AvgIpc) is 3.49. The van der Waals surface area contributed by atoms with Gasteiger partial charge in [-0.25, -0.2) is 9.59 Å². The molecule has 5 heterocycles. The first-order chi connectivity index (χ1) is 22.7. The van der Waals surface area contributed by atoms with Crippen LogP contribution in [0, 0.1) is 6.92 Å². The summed E-state index contributed by atoms with van der Waals surface area (Å²) in [5.74, 6) is -0.0627. The summed E-state index contributed by atoms with van der Waals surface area (Å²) < 4.78 is 1.82. The Labute approximate surface area is 281 Å². The quantitative estimate of drug-likeness (QED) is 0.347. The van der Waals surface area contributed by atoms with Gasteiger partial charge in [0, 0.05) is 69.9 Å². The number of H-pyrrole nitrogens is 1. The van der Waals surface area contributed by atoms with Crippen LogP contribution in [-0.2, 0) is 11.2 Å². The number of piperidine rings is 2. The zero-order valence-corrected chi connectivity index (χ0v) is 28.2. The number of anilines is 1. The Morgan fingerprint density at radius 1 is 0.936 bits per heavy atom. The summed E-state index contributed by atoms with van der Waals surface area (Å²) in [6, 6.07) is 12.4. The van der Waals surface area contributed by atoms with Crippen LogP contribution in [0.15, 0.2) is 41.2 Å². The SMILES string of the molecule is Cc1cc(C[C@@H](NC(=O)N2CCC(n3c(=O)[nH]c4ccccc43)CC2)C(=O)N2CCN(C3CC4CCC(C3)N4C)CC2)cc(Cl)c1N. The highest BCUT2D eigenvalue weighted by Gasteiger charge is 2.41. The van der Waals surface area contributed by atoms with Crippen molar-refractivity contribution in [2.75, 3.05) is 52.0 Å². The van der Waals surface area contributed by atoms with Gasteiger partial charge in [-0.1, -0.05) is 29.8 Å². The lowest BCUT2D eigenvalue weighted by Crippen LogP contribution is -2.59. The molecule has 47 heavy (non-hydrogen) atoms. The van der Waals surface area contributed by atoms with E-state index in [1.54, 1.807) is 11.0 Å². The number of halogens is 1. The second-order valence-corrected chi connectivity index (χ2v) is 14.5. The number of piperazine rings is 1.